The molecule has 1 rings (SSSR count). The lowest BCUT2D eigenvalue weighted by molar-refractivity contribution is 0.254. The van der Waals surface area contributed by atoms with Gasteiger partial charge in [0.15, 0.2) is 0 Å². The molecule has 0 fully saturated rings. The SMILES string of the molecule is CCC(CO)NS(=O)(=O)Cc1ccc(Cl)nc1. The Morgan fingerprint density at radius 1 is 1.53 bits per heavy atom. The second kappa shape index (κ2) is 6.30. The number of sulfonamides is 1. The number of halogens is 1. The second-order valence-corrected chi connectivity index (χ2v) is 5.79. The van der Waals surface area contributed by atoms with Gasteiger partial charge in [-0.05, 0) is 18.1 Å². The summed E-state index contributed by atoms with van der Waals surface area (Å²) in [6, 6.07) is 2.70. The van der Waals surface area contributed by atoms with Gasteiger partial charge in [0.25, 0.3) is 0 Å². The normalized spacial score (nSPS) is 13.6. The lowest BCUT2D eigenvalue weighted by Crippen LogP contribution is -2.37. The molecule has 0 aliphatic rings. The van der Waals surface area contributed by atoms with Crippen molar-refractivity contribution in [3.63, 3.8) is 0 Å². The average Bonchev–Trinajstić information content (AvgIpc) is 2.29. The monoisotopic (exact) mass is 278 g/mol. The van der Waals surface area contributed by atoms with E-state index in [4.69, 9.17) is 16.7 Å². The Hall–Kier alpha value is -0.690. The van der Waals surface area contributed by atoms with Crippen molar-refractivity contribution in [2.45, 2.75) is 25.1 Å². The zero-order chi connectivity index (χ0) is 12.9. The topological polar surface area (TPSA) is 79.3 Å². The van der Waals surface area contributed by atoms with Crippen LogP contribution in [-0.4, -0.2) is 31.2 Å². The first-order valence-corrected chi connectivity index (χ1v) is 7.21. The molecule has 0 aliphatic heterocycles. The highest BCUT2D eigenvalue weighted by molar-refractivity contribution is 7.88. The van der Waals surface area contributed by atoms with Crippen LogP contribution in [-0.2, 0) is 15.8 Å². The maximum absolute atomic E-state index is 11.7. The number of pyridine rings is 1. The molecule has 7 heteroatoms. The molecule has 5 nitrogen and oxygen atoms in total. The Kier molecular flexibility index (Phi) is 5.32. The molecule has 1 heterocycles. The minimum absolute atomic E-state index is 0.173. The highest BCUT2D eigenvalue weighted by atomic mass is 35.5. The molecule has 0 aromatic carbocycles. The molecule has 0 radical (unpaired) electrons. The summed E-state index contributed by atoms with van der Waals surface area (Å²) < 4.78 is 25.9. The molecule has 17 heavy (non-hydrogen) atoms. The molecule has 0 aliphatic carbocycles. The molecule has 96 valence electrons. The smallest absolute Gasteiger partial charge is 0.216 e. The van der Waals surface area contributed by atoms with Gasteiger partial charge in [0, 0.05) is 12.2 Å². The van der Waals surface area contributed by atoms with E-state index in [9.17, 15) is 8.42 Å². The minimum atomic E-state index is -3.46. The maximum atomic E-state index is 11.7. The van der Waals surface area contributed by atoms with Gasteiger partial charge in [-0.3, -0.25) is 0 Å². The number of rotatable bonds is 6. The van der Waals surface area contributed by atoms with E-state index in [2.05, 4.69) is 9.71 Å². The summed E-state index contributed by atoms with van der Waals surface area (Å²) in [4.78, 5) is 3.81. The summed E-state index contributed by atoms with van der Waals surface area (Å²) >= 11 is 5.60. The van der Waals surface area contributed by atoms with Crippen LogP contribution in [0.25, 0.3) is 0 Å². The fraction of sp³-hybridized carbons (Fsp3) is 0.500. The van der Waals surface area contributed by atoms with E-state index in [1.165, 1.54) is 12.3 Å². The number of nitrogens with one attached hydrogen (secondary N) is 1. The number of hydrogen-bond donors (Lipinski definition) is 2. The van der Waals surface area contributed by atoms with E-state index in [1.54, 1.807) is 13.0 Å². The van der Waals surface area contributed by atoms with Crippen molar-refractivity contribution in [2.75, 3.05) is 6.61 Å². The van der Waals surface area contributed by atoms with Crippen LogP contribution in [0.5, 0.6) is 0 Å². The quantitative estimate of drug-likeness (QED) is 0.759. The van der Waals surface area contributed by atoms with Crippen LogP contribution in [0.15, 0.2) is 18.3 Å². The molecular formula is C10H15ClN2O3S. The van der Waals surface area contributed by atoms with Crippen molar-refractivity contribution in [1.29, 1.82) is 0 Å². The van der Waals surface area contributed by atoms with Gasteiger partial charge in [-0.1, -0.05) is 24.6 Å². The highest BCUT2D eigenvalue weighted by Gasteiger charge is 2.16. The summed E-state index contributed by atoms with van der Waals surface area (Å²) in [7, 11) is -3.46. The van der Waals surface area contributed by atoms with Crippen LogP contribution in [0, 0.1) is 0 Å². The zero-order valence-electron chi connectivity index (χ0n) is 9.43. The molecule has 0 bridgehead atoms. The van der Waals surface area contributed by atoms with Crippen molar-refractivity contribution in [1.82, 2.24) is 9.71 Å². The molecule has 0 amide bonds. The number of aliphatic hydroxyl groups is 1. The summed E-state index contributed by atoms with van der Waals surface area (Å²) in [6.07, 6.45) is 1.95. The lowest BCUT2D eigenvalue weighted by Gasteiger charge is -2.14. The van der Waals surface area contributed by atoms with Gasteiger partial charge in [0.2, 0.25) is 10.0 Å². The fourth-order valence-corrected chi connectivity index (χ4v) is 2.81. The van der Waals surface area contributed by atoms with E-state index < -0.39 is 16.1 Å². The van der Waals surface area contributed by atoms with Crippen molar-refractivity contribution >= 4 is 21.6 Å². The first-order valence-electron chi connectivity index (χ1n) is 5.18. The molecule has 1 aromatic heterocycles. The van der Waals surface area contributed by atoms with Crippen molar-refractivity contribution < 1.29 is 13.5 Å². The number of aliphatic hydroxyl groups excluding tert-OH is 1. The van der Waals surface area contributed by atoms with Gasteiger partial charge >= 0.3 is 0 Å². The van der Waals surface area contributed by atoms with E-state index in [1.807, 2.05) is 0 Å². The first kappa shape index (κ1) is 14.4. The predicted molar refractivity (Wildman–Crippen MR) is 66.2 cm³/mol. The standard InChI is InChI=1S/C10H15ClN2O3S/c1-2-9(6-14)13-17(15,16)7-8-3-4-10(11)12-5-8/h3-5,9,13-14H,2,6-7H2,1H3. The maximum Gasteiger partial charge on any atom is 0.216 e. The summed E-state index contributed by atoms with van der Waals surface area (Å²) in [5.74, 6) is -0.173. The van der Waals surface area contributed by atoms with Crippen LogP contribution < -0.4 is 4.72 Å². The largest absolute Gasteiger partial charge is 0.395 e. The van der Waals surface area contributed by atoms with Crippen LogP contribution in [0.2, 0.25) is 5.15 Å². The Morgan fingerprint density at radius 3 is 2.71 bits per heavy atom. The Morgan fingerprint density at radius 2 is 2.24 bits per heavy atom. The van der Waals surface area contributed by atoms with Crippen LogP contribution in [0.1, 0.15) is 18.9 Å². The number of hydrogen-bond acceptors (Lipinski definition) is 4. The summed E-state index contributed by atoms with van der Waals surface area (Å²) in [5.41, 5.74) is 0.551. The third-order valence-electron chi connectivity index (χ3n) is 2.20. The van der Waals surface area contributed by atoms with Crippen LogP contribution in [0.4, 0.5) is 0 Å². The summed E-state index contributed by atoms with van der Waals surface area (Å²) in [6.45, 7) is 1.59. The van der Waals surface area contributed by atoms with Gasteiger partial charge < -0.3 is 5.11 Å². The molecule has 2 N–H and O–H groups in total. The third-order valence-corrected chi connectivity index (χ3v) is 3.83. The molecule has 1 unspecified atom stereocenters. The molecule has 0 spiro atoms. The van der Waals surface area contributed by atoms with Crippen molar-refractivity contribution in [3.8, 4) is 0 Å². The van der Waals surface area contributed by atoms with Crippen LogP contribution >= 0.6 is 11.6 Å². The van der Waals surface area contributed by atoms with Gasteiger partial charge in [-0.2, -0.15) is 0 Å². The molecule has 0 saturated carbocycles. The molecule has 1 aromatic rings. The first-order chi connectivity index (χ1) is 7.96. The van der Waals surface area contributed by atoms with Gasteiger partial charge in [-0.15, -0.1) is 0 Å². The number of aromatic nitrogens is 1. The Bertz CT molecular complexity index is 443. The average molecular weight is 279 g/mol. The summed E-state index contributed by atoms with van der Waals surface area (Å²) in [5, 5.41) is 9.26. The zero-order valence-corrected chi connectivity index (χ0v) is 11.0. The van der Waals surface area contributed by atoms with Gasteiger partial charge in [0.1, 0.15) is 5.15 Å². The predicted octanol–water partition coefficient (Wildman–Crippen LogP) is 0.925. The van der Waals surface area contributed by atoms with E-state index in [0.29, 0.717) is 17.1 Å². The molecule has 0 saturated heterocycles. The van der Waals surface area contributed by atoms with Gasteiger partial charge in [0.05, 0.1) is 12.4 Å². The Balaban J connectivity index is 2.69. The third kappa shape index (κ3) is 4.99. The van der Waals surface area contributed by atoms with E-state index in [-0.39, 0.29) is 12.4 Å². The minimum Gasteiger partial charge on any atom is -0.395 e. The second-order valence-electron chi connectivity index (χ2n) is 3.65. The van der Waals surface area contributed by atoms with E-state index in [0.717, 1.165) is 0 Å². The van der Waals surface area contributed by atoms with Crippen LogP contribution in [0.3, 0.4) is 0 Å². The lowest BCUT2D eigenvalue weighted by atomic mass is 10.3. The van der Waals surface area contributed by atoms with Crippen molar-refractivity contribution in [2.24, 2.45) is 0 Å². The Labute approximate surface area is 106 Å². The van der Waals surface area contributed by atoms with E-state index >= 15 is 0 Å². The van der Waals surface area contributed by atoms with Crippen molar-refractivity contribution in [3.05, 3.63) is 29.0 Å². The number of nitrogens with zero attached hydrogens (tertiary/aromatic N) is 1. The fourth-order valence-electron chi connectivity index (χ4n) is 1.26. The highest BCUT2D eigenvalue weighted by Crippen LogP contribution is 2.08. The van der Waals surface area contributed by atoms with Gasteiger partial charge in [-0.25, -0.2) is 18.1 Å². The molecule has 1 atom stereocenters. The molecular weight excluding hydrogens is 264 g/mol.